The lowest BCUT2D eigenvalue weighted by Gasteiger charge is -2.28. The van der Waals surface area contributed by atoms with E-state index >= 15 is 0 Å². The molecule has 140 valence electrons. The van der Waals surface area contributed by atoms with Gasteiger partial charge in [0.25, 0.3) is 0 Å². The minimum atomic E-state index is -4.64. The van der Waals surface area contributed by atoms with Crippen molar-refractivity contribution in [3.05, 3.63) is 54.1 Å². The van der Waals surface area contributed by atoms with Crippen LogP contribution in [0.3, 0.4) is 0 Å². The molecule has 0 radical (unpaired) electrons. The van der Waals surface area contributed by atoms with Crippen molar-refractivity contribution in [2.24, 2.45) is 0 Å². The molecule has 0 saturated carbocycles. The summed E-state index contributed by atoms with van der Waals surface area (Å²) in [7, 11) is -4.64. The van der Waals surface area contributed by atoms with E-state index in [4.69, 9.17) is 0 Å². The molecule has 1 fully saturated rings. The van der Waals surface area contributed by atoms with Gasteiger partial charge in [0.05, 0.1) is 10.6 Å². The third-order valence-corrected chi connectivity index (χ3v) is 6.60. The van der Waals surface area contributed by atoms with Gasteiger partial charge in [0, 0.05) is 36.8 Å². The summed E-state index contributed by atoms with van der Waals surface area (Å²) in [5, 5.41) is 2.96. The normalized spacial score (nSPS) is 15.3. The van der Waals surface area contributed by atoms with Crippen LogP contribution >= 0.6 is 11.8 Å². The molecule has 3 rings (SSSR count). The molecule has 0 spiro atoms. The highest BCUT2D eigenvalue weighted by atomic mass is 32.2. The number of alkyl halides is 2. The molecule has 8 heteroatoms. The molecule has 1 N–H and O–H groups in total. The van der Waals surface area contributed by atoms with Gasteiger partial charge in [0.1, 0.15) is 0 Å². The van der Waals surface area contributed by atoms with Gasteiger partial charge in [-0.05, 0) is 29.8 Å². The Labute approximate surface area is 156 Å². The first-order valence-corrected chi connectivity index (χ1v) is 10.9. The van der Waals surface area contributed by atoms with Crippen molar-refractivity contribution in [1.29, 1.82) is 0 Å². The fraction of sp³-hybridized carbons (Fsp3) is 0.333. The van der Waals surface area contributed by atoms with Crippen LogP contribution in [0.5, 0.6) is 0 Å². The summed E-state index contributed by atoms with van der Waals surface area (Å²) in [5.74, 6) is -1.19. The largest absolute Gasteiger partial charge is 0.380 e. The van der Waals surface area contributed by atoms with E-state index in [1.165, 1.54) is 18.2 Å². The third-order valence-electron chi connectivity index (χ3n) is 4.22. The van der Waals surface area contributed by atoms with Gasteiger partial charge in [-0.25, -0.2) is 8.42 Å². The number of sulfone groups is 1. The van der Waals surface area contributed by atoms with Crippen LogP contribution < -0.4 is 10.2 Å². The monoisotopic (exact) mass is 398 g/mol. The Balaban J connectivity index is 1.70. The average molecular weight is 399 g/mol. The van der Waals surface area contributed by atoms with Crippen molar-refractivity contribution < 1.29 is 17.2 Å². The number of thioether (sulfide) groups is 1. The molecule has 1 heterocycles. The summed E-state index contributed by atoms with van der Waals surface area (Å²) in [6, 6.07) is 13.7. The number of nitrogens with zero attached hydrogens (tertiary/aromatic N) is 1. The van der Waals surface area contributed by atoms with E-state index in [1.807, 2.05) is 36.0 Å². The summed E-state index contributed by atoms with van der Waals surface area (Å²) in [6.07, 6.45) is 0. The van der Waals surface area contributed by atoms with Gasteiger partial charge in [0.2, 0.25) is 9.84 Å². The van der Waals surface area contributed by atoms with Crippen molar-refractivity contribution in [2.45, 2.75) is 17.2 Å². The summed E-state index contributed by atoms with van der Waals surface area (Å²) in [4.78, 5) is 1.95. The fourth-order valence-corrected chi connectivity index (χ4v) is 4.61. The molecule has 26 heavy (non-hydrogen) atoms. The predicted molar refractivity (Wildman–Crippen MR) is 103 cm³/mol. The SMILES string of the molecule is O=S(=O)(c1ccccc1NCc1ccc(N2CCSCC2)cc1)C(F)F. The Morgan fingerprint density at radius 1 is 1.04 bits per heavy atom. The van der Waals surface area contributed by atoms with Crippen LogP contribution in [0.2, 0.25) is 0 Å². The quantitative estimate of drug-likeness (QED) is 0.801. The molecular weight excluding hydrogens is 378 g/mol. The van der Waals surface area contributed by atoms with Crippen LogP contribution in [0.4, 0.5) is 20.2 Å². The molecule has 2 aromatic carbocycles. The van der Waals surface area contributed by atoms with Crippen molar-refractivity contribution >= 4 is 33.0 Å². The number of rotatable bonds is 6. The third kappa shape index (κ3) is 4.29. The van der Waals surface area contributed by atoms with Crippen molar-refractivity contribution in [3.63, 3.8) is 0 Å². The van der Waals surface area contributed by atoms with Gasteiger partial charge in [-0.15, -0.1) is 0 Å². The molecule has 1 aliphatic heterocycles. The summed E-state index contributed by atoms with van der Waals surface area (Å²) < 4.78 is 49.3. The molecule has 0 atom stereocenters. The van der Waals surface area contributed by atoms with Gasteiger partial charge in [0.15, 0.2) is 0 Å². The zero-order valence-corrected chi connectivity index (χ0v) is 15.7. The molecule has 0 bridgehead atoms. The van der Waals surface area contributed by atoms with Crippen molar-refractivity contribution in [1.82, 2.24) is 0 Å². The Morgan fingerprint density at radius 3 is 2.35 bits per heavy atom. The van der Waals surface area contributed by atoms with Crippen LogP contribution in [0, 0.1) is 0 Å². The van der Waals surface area contributed by atoms with E-state index in [2.05, 4.69) is 10.2 Å². The number of hydrogen-bond donors (Lipinski definition) is 1. The molecule has 0 aromatic heterocycles. The second-order valence-corrected chi connectivity index (χ2v) is 9.03. The maximum atomic E-state index is 12.8. The van der Waals surface area contributed by atoms with E-state index in [0.717, 1.165) is 35.8 Å². The van der Waals surface area contributed by atoms with E-state index < -0.39 is 15.6 Å². The van der Waals surface area contributed by atoms with Crippen LogP contribution in [-0.4, -0.2) is 38.8 Å². The Morgan fingerprint density at radius 2 is 1.69 bits per heavy atom. The number of nitrogens with one attached hydrogen (secondary N) is 1. The number of benzene rings is 2. The van der Waals surface area contributed by atoms with E-state index in [0.29, 0.717) is 6.54 Å². The molecule has 1 saturated heterocycles. The lowest BCUT2D eigenvalue weighted by atomic mass is 10.2. The maximum Gasteiger partial charge on any atom is 0.341 e. The predicted octanol–water partition coefficient (Wildman–Crippen LogP) is 3.85. The zero-order valence-electron chi connectivity index (χ0n) is 14.1. The topological polar surface area (TPSA) is 49.4 Å². The lowest BCUT2D eigenvalue weighted by Crippen LogP contribution is -2.32. The van der Waals surface area contributed by atoms with Crippen LogP contribution in [0.25, 0.3) is 0 Å². The highest BCUT2D eigenvalue weighted by Crippen LogP contribution is 2.27. The first kappa shape index (κ1) is 19.0. The zero-order chi connectivity index (χ0) is 18.6. The molecule has 2 aromatic rings. The first-order valence-electron chi connectivity index (χ1n) is 8.25. The molecular formula is C18H20F2N2O2S2. The van der Waals surface area contributed by atoms with E-state index in [9.17, 15) is 17.2 Å². The van der Waals surface area contributed by atoms with Gasteiger partial charge >= 0.3 is 5.76 Å². The Kier molecular flexibility index (Phi) is 6.03. The van der Waals surface area contributed by atoms with Gasteiger partial charge in [-0.1, -0.05) is 24.3 Å². The van der Waals surface area contributed by atoms with E-state index in [1.54, 1.807) is 6.07 Å². The van der Waals surface area contributed by atoms with Gasteiger partial charge in [-0.2, -0.15) is 20.5 Å². The fourth-order valence-electron chi connectivity index (χ4n) is 2.80. The first-order chi connectivity index (χ1) is 12.5. The highest BCUT2D eigenvalue weighted by molar-refractivity contribution is 7.99. The number of halogens is 2. The minimum Gasteiger partial charge on any atom is -0.380 e. The Bertz CT molecular complexity index is 837. The highest BCUT2D eigenvalue weighted by Gasteiger charge is 2.28. The van der Waals surface area contributed by atoms with Crippen LogP contribution in [-0.2, 0) is 16.4 Å². The van der Waals surface area contributed by atoms with Crippen molar-refractivity contribution in [3.8, 4) is 0 Å². The second-order valence-electron chi connectivity index (χ2n) is 5.92. The number of hydrogen-bond acceptors (Lipinski definition) is 5. The summed E-state index contributed by atoms with van der Waals surface area (Å²) >= 11 is 1.95. The second kappa shape index (κ2) is 8.26. The molecule has 0 unspecified atom stereocenters. The van der Waals surface area contributed by atoms with Gasteiger partial charge < -0.3 is 10.2 Å². The molecule has 4 nitrogen and oxygen atoms in total. The number of para-hydroxylation sites is 1. The van der Waals surface area contributed by atoms with Crippen molar-refractivity contribution in [2.75, 3.05) is 34.8 Å². The maximum absolute atomic E-state index is 12.8. The number of anilines is 2. The van der Waals surface area contributed by atoms with Gasteiger partial charge in [-0.3, -0.25) is 0 Å². The van der Waals surface area contributed by atoms with E-state index in [-0.39, 0.29) is 10.6 Å². The minimum absolute atomic E-state index is 0.185. The lowest BCUT2D eigenvalue weighted by molar-refractivity contribution is 0.235. The summed E-state index contributed by atoms with van der Waals surface area (Å²) in [6.45, 7) is 2.41. The molecule has 1 aliphatic rings. The Hall–Kier alpha value is -1.80. The molecule has 0 amide bonds. The standard InChI is InChI=1S/C18H20F2N2O2S2/c19-18(20)26(23,24)17-4-2-1-3-16(17)21-13-14-5-7-15(8-6-14)22-9-11-25-12-10-22/h1-8,18,21H,9-13H2. The summed E-state index contributed by atoms with van der Waals surface area (Å²) in [5.41, 5.74) is 2.30. The smallest absolute Gasteiger partial charge is 0.341 e. The average Bonchev–Trinajstić information content (AvgIpc) is 2.67. The van der Waals surface area contributed by atoms with Crippen LogP contribution in [0.15, 0.2) is 53.4 Å². The van der Waals surface area contributed by atoms with Crippen LogP contribution in [0.1, 0.15) is 5.56 Å². The molecule has 0 aliphatic carbocycles.